The van der Waals surface area contributed by atoms with Crippen molar-refractivity contribution >= 4 is 28.9 Å². The third-order valence-electron chi connectivity index (χ3n) is 4.29. The Morgan fingerprint density at radius 2 is 1.62 bits per heavy atom. The van der Waals surface area contributed by atoms with E-state index in [4.69, 9.17) is 23.2 Å². The zero-order valence-corrected chi connectivity index (χ0v) is 13.4. The topological polar surface area (TPSA) is 12.0 Å². The van der Waals surface area contributed by atoms with Crippen molar-refractivity contribution in [3.05, 3.63) is 64.1 Å². The highest BCUT2D eigenvalue weighted by molar-refractivity contribution is 6.43. The molecule has 0 bridgehead atoms. The maximum atomic E-state index is 6.31. The fourth-order valence-corrected chi connectivity index (χ4v) is 3.57. The second-order valence-electron chi connectivity index (χ2n) is 5.65. The van der Waals surface area contributed by atoms with E-state index >= 15 is 0 Å². The first-order valence-corrected chi connectivity index (χ1v) is 8.27. The summed E-state index contributed by atoms with van der Waals surface area (Å²) in [6, 6.07) is 16.9. The Hall–Kier alpha value is -1.18. The van der Waals surface area contributed by atoms with Crippen LogP contribution >= 0.6 is 23.2 Å². The van der Waals surface area contributed by atoms with E-state index in [1.807, 2.05) is 18.2 Å². The molecule has 2 aromatic carbocycles. The van der Waals surface area contributed by atoms with E-state index in [9.17, 15) is 0 Å². The molecule has 0 radical (unpaired) electrons. The van der Waals surface area contributed by atoms with Gasteiger partial charge in [0.25, 0.3) is 0 Å². The van der Waals surface area contributed by atoms with Crippen LogP contribution in [0.4, 0.5) is 5.69 Å². The summed E-state index contributed by atoms with van der Waals surface area (Å²) in [4.78, 5) is 0. The quantitative estimate of drug-likeness (QED) is 0.717. The fourth-order valence-electron chi connectivity index (χ4n) is 3.22. The van der Waals surface area contributed by atoms with Crippen molar-refractivity contribution in [2.75, 3.05) is 5.32 Å². The molecule has 3 rings (SSSR count). The normalized spacial score (nSPS) is 22.0. The molecule has 2 unspecified atom stereocenters. The number of hydrogen-bond donors (Lipinski definition) is 1. The minimum atomic E-state index is 0.414. The third-order valence-corrected chi connectivity index (χ3v) is 5.11. The van der Waals surface area contributed by atoms with Gasteiger partial charge in [0.15, 0.2) is 0 Å². The molecule has 0 heterocycles. The summed E-state index contributed by atoms with van der Waals surface area (Å²) in [6.45, 7) is 0. The maximum Gasteiger partial charge on any atom is 0.0823 e. The molecule has 1 saturated carbocycles. The molecule has 1 nitrogen and oxygen atoms in total. The van der Waals surface area contributed by atoms with Crippen molar-refractivity contribution in [2.24, 2.45) is 0 Å². The average Bonchev–Trinajstić information content (AvgIpc) is 2.53. The number of benzene rings is 2. The molecule has 21 heavy (non-hydrogen) atoms. The molecular formula is C18H19Cl2N. The smallest absolute Gasteiger partial charge is 0.0823 e. The molecule has 2 atom stereocenters. The summed E-state index contributed by atoms with van der Waals surface area (Å²) in [5.41, 5.74) is 2.35. The van der Waals surface area contributed by atoms with Crippen LogP contribution in [-0.4, -0.2) is 6.04 Å². The highest BCUT2D eigenvalue weighted by atomic mass is 35.5. The van der Waals surface area contributed by atoms with Crippen molar-refractivity contribution in [3.63, 3.8) is 0 Å². The van der Waals surface area contributed by atoms with Gasteiger partial charge in [0.1, 0.15) is 0 Å². The first-order chi connectivity index (χ1) is 10.3. The van der Waals surface area contributed by atoms with E-state index in [1.165, 1.54) is 31.2 Å². The zero-order valence-electron chi connectivity index (χ0n) is 11.9. The van der Waals surface area contributed by atoms with Crippen molar-refractivity contribution in [2.45, 2.75) is 37.6 Å². The molecular weight excluding hydrogens is 301 g/mol. The van der Waals surface area contributed by atoms with E-state index in [-0.39, 0.29) is 0 Å². The minimum Gasteiger partial charge on any atom is -0.380 e. The van der Waals surface area contributed by atoms with Gasteiger partial charge in [0, 0.05) is 12.0 Å². The lowest BCUT2D eigenvalue weighted by molar-refractivity contribution is 0.405. The molecule has 110 valence electrons. The number of hydrogen-bond acceptors (Lipinski definition) is 1. The molecule has 0 spiro atoms. The summed E-state index contributed by atoms with van der Waals surface area (Å²) >= 11 is 12.4. The number of nitrogens with one attached hydrogen (secondary N) is 1. The van der Waals surface area contributed by atoms with Crippen LogP contribution in [0.1, 0.15) is 37.2 Å². The zero-order chi connectivity index (χ0) is 14.7. The van der Waals surface area contributed by atoms with Crippen molar-refractivity contribution < 1.29 is 0 Å². The highest BCUT2D eigenvalue weighted by Crippen LogP contribution is 2.37. The molecule has 0 saturated heterocycles. The number of halogens is 2. The largest absolute Gasteiger partial charge is 0.380 e. The standard InChI is InChI=1S/C18H19Cl2N/c19-15-10-6-12-17(18(15)20)21-16-11-5-4-9-14(16)13-7-2-1-3-8-13/h1-3,6-8,10,12,14,16,21H,4-5,9,11H2. The second-order valence-corrected chi connectivity index (χ2v) is 6.44. The van der Waals surface area contributed by atoms with Gasteiger partial charge >= 0.3 is 0 Å². The Bertz CT molecular complexity index is 597. The fraction of sp³-hybridized carbons (Fsp3) is 0.333. The molecule has 1 aliphatic rings. The Morgan fingerprint density at radius 1 is 0.857 bits per heavy atom. The molecule has 0 aliphatic heterocycles. The average molecular weight is 320 g/mol. The van der Waals surface area contributed by atoms with Gasteiger partial charge in [-0.15, -0.1) is 0 Å². The van der Waals surface area contributed by atoms with Gasteiger partial charge < -0.3 is 5.32 Å². The van der Waals surface area contributed by atoms with Crippen LogP contribution < -0.4 is 5.32 Å². The van der Waals surface area contributed by atoms with Gasteiger partial charge in [0.05, 0.1) is 15.7 Å². The van der Waals surface area contributed by atoms with E-state index in [0.29, 0.717) is 22.0 Å². The van der Waals surface area contributed by atoms with Crippen LogP contribution in [-0.2, 0) is 0 Å². The monoisotopic (exact) mass is 319 g/mol. The van der Waals surface area contributed by atoms with Crippen molar-refractivity contribution in [3.8, 4) is 0 Å². The van der Waals surface area contributed by atoms with Crippen LogP contribution in [0.3, 0.4) is 0 Å². The summed E-state index contributed by atoms with van der Waals surface area (Å²) in [5.74, 6) is 0.537. The van der Waals surface area contributed by atoms with Crippen LogP contribution in [0.2, 0.25) is 10.0 Å². The molecule has 0 amide bonds. The van der Waals surface area contributed by atoms with Gasteiger partial charge in [-0.3, -0.25) is 0 Å². The van der Waals surface area contributed by atoms with E-state index < -0.39 is 0 Å². The lowest BCUT2D eigenvalue weighted by Crippen LogP contribution is -2.30. The molecule has 2 aromatic rings. The van der Waals surface area contributed by atoms with Gasteiger partial charge in [-0.1, -0.05) is 72.4 Å². The summed E-state index contributed by atoms with van der Waals surface area (Å²) in [5, 5.41) is 4.85. The SMILES string of the molecule is Clc1cccc(NC2CCCCC2c2ccccc2)c1Cl. The van der Waals surface area contributed by atoms with Crippen LogP contribution in [0.5, 0.6) is 0 Å². The van der Waals surface area contributed by atoms with Gasteiger partial charge in [-0.25, -0.2) is 0 Å². The minimum absolute atomic E-state index is 0.414. The van der Waals surface area contributed by atoms with Crippen LogP contribution in [0, 0.1) is 0 Å². The predicted molar refractivity (Wildman–Crippen MR) is 91.5 cm³/mol. The molecule has 3 heteroatoms. The first kappa shape index (κ1) is 14.7. The first-order valence-electron chi connectivity index (χ1n) is 7.51. The molecule has 0 aromatic heterocycles. The second kappa shape index (κ2) is 6.72. The highest BCUT2D eigenvalue weighted by Gasteiger charge is 2.26. The van der Waals surface area contributed by atoms with Crippen LogP contribution in [0.25, 0.3) is 0 Å². The number of anilines is 1. The predicted octanol–water partition coefficient (Wildman–Crippen LogP) is 6.13. The molecule has 1 aliphatic carbocycles. The Balaban J connectivity index is 1.83. The summed E-state index contributed by atoms with van der Waals surface area (Å²) in [7, 11) is 0. The number of rotatable bonds is 3. The van der Waals surface area contributed by atoms with Crippen LogP contribution in [0.15, 0.2) is 48.5 Å². The Morgan fingerprint density at radius 3 is 2.43 bits per heavy atom. The van der Waals surface area contributed by atoms with E-state index in [2.05, 4.69) is 35.6 Å². The Kier molecular flexibility index (Phi) is 4.72. The Labute approximate surface area is 136 Å². The van der Waals surface area contributed by atoms with E-state index in [1.54, 1.807) is 0 Å². The van der Waals surface area contributed by atoms with Gasteiger partial charge in [-0.05, 0) is 30.5 Å². The van der Waals surface area contributed by atoms with Crippen molar-refractivity contribution in [1.82, 2.24) is 0 Å². The lowest BCUT2D eigenvalue weighted by Gasteiger charge is -2.33. The summed E-state index contributed by atoms with van der Waals surface area (Å²) in [6.07, 6.45) is 4.95. The van der Waals surface area contributed by atoms with Gasteiger partial charge in [-0.2, -0.15) is 0 Å². The third kappa shape index (κ3) is 3.36. The van der Waals surface area contributed by atoms with Crippen molar-refractivity contribution in [1.29, 1.82) is 0 Å². The molecule has 1 N–H and O–H groups in total. The van der Waals surface area contributed by atoms with Gasteiger partial charge in [0.2, 0.25) is 0 Å². The summed E-state index contributed by atoms with van der Waals surface area (Å²) < 4.78 is 0. The lowest BCUT2D eigenvalue weighted by atomic mass is 9.80. The van der Waals surface area contributed by atoms with E-state index in [0.717, 1.165) is 5.69 Å². The maximum absolute atomic E-state index is 6.31. The molecule has 1 fully saturated rings.